The number of fused-ring (bicyclic) bond motifs is 1. The number of piperidine rings is 1. The van der Waals surface area contributed by atoms with Crippen LogP contribution in [-0.2, 0) is 11.2 Å². The third-order valence-electron chi connectivity index (χ3n) is 5.51. The molecule has 0 bridgehead atoms. The van der Waals surface area contributed by atoms with Crippen molar-refractivity contribution in [3.63, 3.8) is 0 Å². The molecule has 4 heteroatoms. The number of carbonyl (C=O) groups is 1. The van der Waals surface area contributed by atoms with Crippen molar-refractivity contribution in [2.45, 2.75) is 44.9 Å². The quantitative estimate of drug-likeness (QED) is 0.611. The number of hydrogen-bond donors (Lipinski definition) is 0. The van der Waals surface area contributed by atoms with Crippen molar-refractivity contribution >= 4 is 27.5 Å². The summed E-state index contributed by atoms with van der Waals surface area (Å²) in [6.45, 7) is 6.05. The van der Waals surface area contributed by atoms with Gasteiger partial charge < -0.3 is 4.90 Å². The maximum Gasteiger partial charge on any atom is 0.226 e. The third kappa shape index (κ3) is 4.06. The fraction of sp³-hybridized carbons (Fsp3) is 0.391. The molecule has 1 fully saturated rings. The lowest BCUT2D eigenvalue weighted by atomic mass is 9.96. The third-order valence-corrected chi connectivity index (χ3v) is 6.71. The molecule has 0 spiro atoms. The number of hydrogen-bond acceptors (Lipinski definition) is 3. The van der Waals surface area contributed by atoms with E-state index in [1.54, 1.807) is 11.3 Å². The van der Waals surface area contributed by atoms with Crippen LogP contribution in [0.25, 0.3) is 10.2 Å². The van der Waals surface area contributed by atoms with E-state index < -0.39 is 0 Å². The summed E-state index contributed by atoms with van der Waals surface area (Å²) in [7, 11) is 0. The summed E-state index contributed by atoms with van der Waals surface area (Å²) >= 11 is 1.81. The Bertz CT molecular complexity index is 888. The minimum absolute atomic E-state index is 0.245. The zero-order chi connectivity index (χ0) is 18.8. The molecule has 0 atom stereocenters. The van der Waals surface area contributed by atoms with Crippen LogP contribution in [0.3, 0.4) is 0 Å². The van der Waals surface area contributed by atoms with Gasteiger partial charge in [0.2, 0.25) is 5.91 Å². The van der Waals surface area contributed by atoms with Crippen molar-refractivity contribution in [3.05, 3.63) is 64.7 Å². The number of carbonyl (C=O) groups excluding carboxylic acids is 1. The fourth-order valence-electron chi connectivity index (χ4n) is 3.75. The molecule has 1 aromatic heterocycles. The lowest BCUT2D eigenvalue weighted by molar-refractivity contribution is -0.131. The molecule has 0 aliphatic carbocycles. The van der Waals surface area contributed by atoms with Gasteiger partial charge in [-0.15, -0.1) is 11.3 Å². The highest BCUT2D eigenvalue weighted by Crippen LogP contribution is 2.33. The monoisotopic (exact) mass is 378 g/mol. The van der Waals surface area contributed by atoms with Crippen LogP contribution in [0.2, 0.25) is 0 Å². The molecule has 1 aliphatic heterocycles. The predicted octanol–water partition coefficient (Wildman–Crippen LogP) is 5.37. The summed E-state index contributed by atoms with van der Waals surface area (Å²) in [6.07, 6.45) is 2.53. The van der Waals surface area contributed by atoms with Crippen molar-refractivity contribution < 1.29 is 4.79 Å². The number of benzene rings is 2. The zero-order valence-electron chi connectivity index (χ0n) is 16.0. The Morgan fingerprint density at radius 1 is 1.11 bits per heavy atom. The highest BCUT2D eigenvalue weighted by atomic mass is 32.1. The van der Waals surface area contributed by atoms with Gasteiger partial charge in [0.25, 0.3) is 0 Å². The Morgan fingerprint density at radius 3 is 2.48 bits per heavy atom. The Labute approximate surface area is 165 Å². The standard InChI is InChI=1S/C23H26N2OS/c1-16(2)18-9-7-17(8-10-18)15-22(26)25-13-11-19(12-14-25)23-24-20-5-3-4-6-21(20)27-23/h3-10,16,19H,11-15H2,1-2H3. The minimum atomic E-state index is 0.245. The largest absolute Gasteiger partial charge is 0.342 e. The van der Waals surface area contributed by atoms with Crippen LogP contribution in [0, 0.1) is 0 Å². The summed E-state index contributed by atoms with van der Waals surface area (Å²) in [5, 5.41) is 1.23. The summed E-state index contributed by atoms with van der Waals surface area (Å²) in [4.78, 5) is 19.5. The van der Waals surface area contributed by atoms with E-state index in [1.165, 1.54) is 15.3 Å². The molecular formula is C23H26N2OS. The predicted molar refractivity (Wildman–Crippen MR) is 112 cm³/mol. The maximum absolute atomic E-state index is 12.7. The number of rotatable bonds is 4. The van der Waals surface area contributed by atoms with Gasteiger partial charge in [0, 0.05) is 19.0 Å². The summed E-state index contributed by atoms with van der Waals surface area (Å²) in [5.41, 5.74) is 3.53. The van der Waals surface area contributed by atoms with Gasteiger partial charge in [-0.3, -0.25) is 4.79 Å². The van der Waals surface area contributed by atoms with Crippen molar-refractivity contribution in [2.24, 2.45) is 0 Å². The smallest absolute Gasteiger partial charge is 0.226 e. The van der Waals surface area contributed by atoms with Crippen molar-refractivity contribution in [2.75, 3.05) is 13.1 Å². The highest BCUT2D eigenvalue weighted by Gasteiger charge is 2.25. The summed E-state index contributed by atoms with van der Waals surface area (Å²) in [5.74, 6) is 1.25. The van der Waals surface area contributed by atoms with Gasteiger partial charge in [-0.1, -0.05) is 50.2 Å². The SMILES string of the molecule is CC(C)c1ccc(CC(=O)N2CCC(c3nc4ccccc4s3)CC2)cc1. The van der Waals surface area contributed by atoms with Crippen LogP contribution < -0.4 is 0 Å². The van der Waals surface area contributed by atoms with E-state index in [2.05, 4.69) is 56.3 Å². The first-order valence-corrected chi connectivity index (χ1v) is 10.6. The van der Waals surface area contributed by atoms with Gasteiger partial charge in [-0.05, 0) is 42.0 Å². The second kappa shape index (κ2) is 7.81. The average Bonchev–Trinajstić information content (AvgIpc) is 3.13. The average molecular weight is 379 g/mol. The molecule has 3 aromatic rings. The number of likely N-dealkylation sites (tertiary alicyclic amines) is 1. The molecule has 2 heterocycles. The normalized spacial score (nSPS) is 15.6. The van der Waals surface area contributed by atoms with Crippen LogP contribution in [0.1, 0.15) is 54.7 Å². The second-order valence-electron chi connectivity index (χ2n) is 7.75. The van der Waals surface area contributed by atoms with Crippen LogP contribution in [0.15, 0.2) is 48.5 Å². The lowest BCUT2D eigenvalue weighted by Crippen LogP contribution is -2.38. The second-order valence-corrected chi connectivity index (χ2v) is 8.81. The number of aromatic nitrogens is 1. The maximum atomic E-state index is 12.7. The van der Waals surface area contributed by atoms with Crippen molar-refractivity contribution in [1.82, 2.24) is 9.88 Å². The topological polar surface area (TPSA) is 33.2 Å². The molecule has 27 heavy (non-hydrogen) atoms. The highest BCUT2D eigenvalue weighted by molar-refractivity contribution is 7.18. The van der Waals surface area contributed by atoms with E-state index in [-0.39, 0.29) is 5.91 Å². The van der Waals surface area contributed by atoms with Crippen molar-refractivity contribution in [3.8, 4) is 0 Å². The van der Waals surface area contributed by atoms with Crippen LogP contribution in [-0.4, -0.2) is 28.9 Å². The van der Waals surface area contributed by atoms with E-state index in [9.17, 15) is 4.79 Å². The molecule has 0 radical (unpaired) electrons. The number of amides is 1. The minimum Gasteiger partial charge on any atom is -0.342 e. The van der Waals surface area contributed by atoms with Crippen LogP contribution >= 0.6 is 11.3 Å². The fourth-order valence-corrected chi connectivity index (χ4v) is 4.88. The first kappa shape index (κ1) is 18.2. The molecule has 3 nitrogen and oxygen atoms in total. The zero-order valence-corrected chi connectivity index (χ0v) is 16.8. The first-order chi connectivity index (χ1) is 13.1. The van der Waals surface area contributed by atoms with Crippen molar-refractivity contribution in [1.29, 1.82) is 0 Å². The Morgan fingerprint density at radius 2 is 1.81 bits per heavy atom. The first-order valence-electron chi connectivity index (χ1n) is 9.82. The van der Waals surface area contributed by atoms with E-state index in [0.29, 0.717) is 18.3 Å². The Balaban J connectivity index is 1.34. The number of para-hydroxylation sites is 1. The van der Waals surface area contributed by atoms with Gasteiger partial charge in [-0.25, -0.2) is 4.98 Å². The van der Waals surface area contributed by atoms with E-state index in [1.807, 2.05) is 11.0 Å². The van der Waals surface area contributed by atoms with Gasteiger partial charge in [0.15, 0.2) is 0 Å². The van der Waals surface area contributed by atoms with E-state index in [4.69, 9.17) is 4.98 Å². The van der Waals surface area contributed by atoms with Gasteiger partial charge >= 0.3 is 0 Å². The number of nitrogens with zero attached hydrogens (tertiary/aromatic N) is 2. The molecule has 1 aliphatic rings. The molecule has 2 aromatic carbocycles. The van der Waals surface area contributed by atoms with Gasteiger partial charge in [0.1, 0.15) is 0 Å². The molecule has 1 saturated heterocycles. The van der Waals surface area contributed by atoms with Crippen LogP contribution in [0.5, 0.6) is 0 Å². The molecule has 0 saturated carbocycles. The lowest BCUT2D eigenvalue weighted by Gasteiger charge is -2.31. The van der Waals surface area contributed by atoms with Gasteiger partial charge in [0.05, 0.1) is 21.6 Å². The molecule has 0 N–H and O–H groups in total. The molecular weight excluding hydrogens is 352 g/mol. The Kier molecular flexibility index (Phi) is 5.26. The summed E-state index contributed by atoms with van der Waals surface area (Å²) in [6, 6.07) is 16.8. The molecule has 4 rings (SSSR count). The number of thiazole rings is 1. The Hall–Kier alpha value is -2.20. The van der Waals surface area contributed by atoms with Gasteiger partial charge in [-0.2, -0.15) is 0 Å². The summed E-state index contributed by atoms with van der Waals surface area (Å²) < 4.78 is 1.26. The molecule has 1 amide bonds. The van der Waals surface area contributed by atoms with Crippen LogP contribution in [0.4, 0.5) is 0 Å². The molecule has 140 valence electrons. The van der Waals surface area contributed by atoms with E-state index >= 15 is 0 Å². The van der Waals surface area contributed by atoms with E-state index in [0.717, 1.165) is 37.0 Å². The molecule has 0 unspecified atom stereocenters.